The summed E-state index contributed by atoms with van der Waals surface area (Å²) in [5, 5.41) is 18.5. The number of halogens is 2. The van der Waals surface area contributed by atoms with E-state index >= 15 is 8.78 Å². The van der Waals surface area contributed by atoms with Crippen molar-refractivity contribution in [1.82, 2.24) is 35.4 Å². The van der Waals surface area contributed by atoms with Gasteiger partial charge in [-0.2, -0.15) is 9.97 Å². The number of ether oxygens (including phenoxy) is 2. The topological polar surface area (TPSA) is 166 Å². The Morgan fingerprint density at radius 3 is 2.31 bits per heavy atom. The number of carbonyl (C=O) groups excluding carboxylic acids is 3. The van der Waals surface area contributed by atoms with Gasteiger partial charge in [-0.25, -0.2) is 8.78 Å². The predicted octanol–water partition coefficient (Wildman–Crippen LogP) is 7.96. The number of anilines is 2. The summed E-state index contributed by atoms with van der Waals surface area (Å²) in [7, 11) is 0. The van der Waals surface area contributed by atoms with Crippen molar-refractivity contribution in [3.05, 3.63) is 77.0 Å². The lowest BCUT2D eigenvalue weighted by Crippen LogP contribution is -2.52. The Labute approximate surface area is 435 Å². The molecule has 2 aromatic heterocycles. The number of aromatic nitrogens is 3. The fourth-order valence-electron chi connectivity index (χ4n) is 14.0. The maximum atomic E-state index is 17.2. The zero-order valence-electron chi connectivity index (χ0n) is 42.9. The molecule has 2 unspecified atom stereocenters. The highest BCUT2D eigenvalue weighted by atomic mass is 19.1. The van der Waals surface area contributed by atoms with E-state index in [2.05, 4.69) is 36.4 Å². The number of phenols is 1. The quantitative estimate of drug-likeness (QED) is 0.103. The number of piperazine rings is 1. The second-order valence-corrected chi connectivity index (χ2v) is 23.4. The minimum absolute atomic E-state index is 0.00267. The fourth-order valence-corrected chi connectivity index (χ4v) is 14.0. The number of hydrogen-bond acceptors (Lipinski definition) is 13. The number of aryl methyl sites for hydroxylation is 1. The maximum absolute atomic E-state index is 17.2. The molecule has 394 valence electrons. The van der Waals surface area contributed by atoms with Gasteiger partial charge in [-0.1, -0.05) is 13.0 Å². The first-order chi connectivity index (χ1) is 36.4. The third-order valence-corrected chi connectivity index (χ3v) is 18.6. The van der Waals surface area contributed by atoms with E-state index in [9.17, 15) is 19.5 Å². The lowest BCUT2D eigenvalue weighted by Gasteiger charge is -2.47. The van der Waals surface area contributed by atoms with Crippen molar-refractivity contribution in [3.8, 4) is 23.0 Å². The lowest BCUT2D eigenvalue weighted by molar-refractivity contribution is -0.136. The SMILES string of the molecule is CCc1c(F)ccc2cc(O)cc(-c3ncc4c(N5CC6CCC(C5)N6)nc(OCC5(CN6CCC7(CCC(OC8CCN(c9ccc%10c(c9)CN([C@H]9CCC(=O)NC9=O)C%10=O)CC8)CC7)CC6)CC5)nc4c3F)c12. The average molecular weight is 1020 g/mol. The average Bonchev–Trinajstić information content (AvgIpc) is 3.99. The number of rotatable bonds is 12. The van der Waals surface area contributed by atoms with Crippen LogP contribution in [0.25, 0.3) is 32.9 Å². The molecule has 75 heavy (non-hydrogen) atoms. The van der Waals surface area contributed by atoms with Crippen LogP contribution in [0.4, 0.5) is 20.3 Å². The molecule has 0 radical (unpaired) electrons. The van der Waals surface area contributed by atoms with Crippen LogP contribution in [0.3, 0.4) is 0 Å². The van der Waals surface area contributed by atoms with Crippen LogP contribution in [0.1, 0.15) is 118 Å². The molecule has 3 atom stereocenters. The number of fused-ring (bicyclic) bond motifs is 5. The molecule has 8 heterocycles. The Morgan fingerprint density at radius 2 is 1.57 bits per heavy atom. The number of nitrogens with one attached hydrogen (secondary N) is 2. The van der Waals surface area contributed by atoms with Gasteiger partial charge >= 0.3 is 6.01 Å². The molecule has 17 heteroatoms. The molecule has 6 aliphatic heterocycles. The lowest BCUT2D eigenvalue weighted by atomic mass is 9.67. The van der Waals surface area contributed by atoms with Crippen molar-refractivity contribution in [2.24, 2.45) is 10.8 Å². The Bertz CT molecular complexity index is 3080. The number of hydrogen-bond donors (Lipinski definition) is 3. The molecule has 3 aromatic carbocycles. The Morgan fingerprint density at radius 1 is 0.813 bits per heavy atom. The Balaban J connectivity index is 0.620. The van der Waals surface area contributed by atoms with Gasteiger partial charge in [0.1, 0.15) is 34.6 Å². The molecule has 2 bridgehead atoms. The number of aromatic hydroxyl groups is 1. The first kappa shape index (κ1) is 48.6. The van der Waals surface area contributed by atoms with Gasteiger partial charge in [-0.05, 0) is 167 Å². The second kappa shape index (κ2) is 19.2. The van der Waals surface area contributed by atoms with E-state index in [0.717, 1.165) is 108 Å². The van der Waals surface area contributed by atoms with Crippen molar-refractivity contribution < 1.29 is 37.7 Å². The summed E-state index contributed by atoms with van der Waals surface area (Å²) in [4.78, 5) is 60.8. The number of phenolic OH excluding ortho intramolecular Hbond substituents is 1. The number of benzene rings is 3. The standard InChI is InChI=1S/C58H67F2N9O6/c1-2-42-46(59)8-3-34-26-39(70)27-44(49(34)42)51-50(60)52-45(28-61-51)53(68-30-36-4-5-37(31-68)62-36)65-56(64-52)74-33-58(17-18-58)32-66-23-19-57(20-24-66)15-11-40(12-16-57)75-41-13-21-67(22-14-41)38-6-7-43-35(25-38)29-69(55(43)73)47-9-10-48(71)63-54(47)72/h3,6-8,25-28,36-37,40-41,47,62,70H,2,4-5,9-24,29-33H2,1H3,(H,63,71,72)/t36?,37?,47-/m0/s1. The highest BCUT2D eigenvalue weighted by molar-refractivity contribution is 6.06. The van der Waals surface area contributed by atoms with Gasteiger partial charge in [0.05, 0.1) is 24.2 Å². The van der Waals surface area contributed by atoms with Crippen molar-refractivity contribution in [2.75, 3.05) is 62.2 Å². The summed E-state index contributed by atoms with van der Waals surface area (Å²) in [5.74, 6) is -1.30. The molecular formula is C58H67F2N9O6. The third-order valence-electron chi connectivity index (χ3n) is 18.6. The molecule has 3 amide bonds. The van der Waals surface area contributed by atoms with Crippen molar-refractivity contribution >= 4 is 50.9 Å². The highest BCUT2D eigenvalue weighted by Crippen LogP contribution is 2.50. The van der Waals surface area contributed by atoms with Crippen LogP contribution >= 0.6 is 0 Å². The van der Waals surface area contributed by atoms with Crippen molar-refractivity contribution in [3.63, 3.8) is 0 Å². The second-order valence-electron chi connectivity index (χ2n) is 23.4. The van der Waals surface area contributed by atoms with E-state index in [-0.39, 0.29) is 64.4 Å². The summed E-state index contributed by atoms with van der Waals surface area (Å²) in [6.07, 6.45) is 16.3. The number of likely N-dealkylation sites (tertiary alicyclic amines) is 1. The van der Waals surface area contributed by atoms with E-state index < -0.39 is 11.9 Å². The zero-order chi connectivity index (χ0) is 51.2. The molecule has 2 saturated carbocycles. The summed E-state index contributed by atoms with van der Waals surface area (Å²) in [5.41, 5.74) is 3.87. The molecule has 2 aliphatic carbocycles. The van der Waals surface area contributed by atoms with Gasteiger partial charge in [0.15, 0.2) is 5.82 Å². The van der Waals surface area contributed by atoms with Crippen molar-refractivity contribution in [1.29, 1.82) is 0 Å². The van der Waals surface area contributed by atoms with E-state index in [1.807, 2.05) is 19.1 Å². The Kier molecular flexibility index (Phi) is 12.4. The van der Waals surface area contributed by atoms with Crippen LogP contribution in [0.15, 0.2) is 48.7 Å². The predicted molar refractivity (Wildman–Crippen MR) is 280 cm³/mol. The minimum atomic E-state index is -0.654. The van der Waals surface area contributed by atoms with Gasteiger partial charge in [-0.3, -0.25) is 24.7 Å². The molecule has 3 N–H and O–H groups in total. The van der Waals surface area contributed by atoms with Gasteiger partial charge in [0, 0.05) is 86.2 Å². The Hall–Kier alpha value is -6.04. The van der Waals surface area contributed by atoms with E-state index in [0.29, 0.717) is 88.3 Å². The van der Waals surface area contributed by atoms with E-state index in [1.165, 1.54) is 37.8 Å². The third kappa shape index (κ3) is 9.23. The molecule has 13 rings (SSSR count). The van der Waals surface area contributed by atoms with Crippen LogP contribution in [-0.4, -0.2) is 130 Å². The normalized spacial score (nSPS) is 24.9. The van der Waals surface area contributed by atoms with E-state index in [1.54, 1.807) is 23.2 Å². The zero-order valence-corrected chi connectivity index (χ0v) is 42.9. The van der Waals surface area contributed by atoms with Gasteiger partial charge in [-0.15, -0.1) is 0 Å². The molecule has 7 fully saturated rings. The minimum Gasteiger partial charge on any atom is -0.508 e. The molecule has 15 nitrogen and oxygen atoms in total. The van der Waals surface area contributed by atoms with Gasteiger partial charge < -0.3 is 39.5 Å². The number of amides is 3. The first-order valence-electron chi connectivity index (χ1n) is 27.7. The summed E-state index contributed by atoms with van der Waals surface area (Å²) < 4.78 is 45.8. The number of imide groups is 1. The van der Waals surface area contributed by atoms with E-state index in [4.69, 9.17) is 19.4 Å². The summed E-state index contributed by atoms with van der Waals surface area (Å²) >= 11 is 0. The molecule has 8 aliphatic rings. The highest BCUT2D eigenvalue weighted by Gasteiger charge is 2.48. The van der Waals surface area contributed by atoms with Crippen molar-refractivity contribution in [2.45, 2.75) is 140 Å². The van der Waals surface area contributed by atoms with Crippen LogP contribution < -0.4 is 25.2 Å². The number of carbonyl (C=O) groups is 3. The number of pyridine rings is 1. The fraction of sp³-hybridized carbons (Fsp3) is 0.552. The largest absolute Gasteiger partial charge is 0.508 e. The van der Waals surface area contributed by atoms with Crippen LogP contribution in [-0.2, 0) is 27.3 Å². The first-order valence-corrected chi connectivity index (χ1v) is 27.7. The maximum Gasteiger partial charge on any atom is 0.319 e. The molecule has 5 aromatic rings. The number of nitrogens with zero attached hydrogens (tertiary/aromatic N) is 7. The van der Waals surface area contributed by atoms with Gasteiger partial charge in [0.2, 0.25) is 11.8 Å². The summed E-state index contributed by atoms with van der Waals surface area (Å²) in [6.45, 7) is 9.01. The monoisotopic (exact) mass is 1020 g/mol. The van der Waals surface area contributed by atoms with Gasteiger partial charge in [0.25, 0.3) is 5.91 Å². The number of piperidine rings is 3. The van der Waals surface area contributed by atoms with Crippen LogP contribution in [0.5, 0.6) is 11.8 Å². The molecule has 5 saturated heterocycles. The smallest absolute Gasteiger partial charge is 0.319 e. The molecule has 1 spiro atoms. The van der Waals surface area contributed by atoms with Crippen LogP contribution in [0.2, 0.25) is 0 Å². The summed E-state index contributed by atoms with van der Waals surface area (Å²) in [6, 6.07) is 12.2. The molecular weight excluding hydrogens is 957 g/mol. The van der Waals surface area contributed by atoms with Crippen LogP contribution in [0, 0.1) is 22.5 Å².